The molecule has 0 aliphatic carbocycles. The minimum Gasteiger partial charge on any atom is -0.482 e. The molecule has 0 aliphatic rings. The molecule has 0 aromatic heterocycles. The van der Waals surface area contributed by atoms with Gasteiger partial charge in [0, 0.05) is 11.6 Å². The van der Waals surface area contributed by atoms with Crippen molar-refractivity contribution >= 4 is 29.1 Å². The fourth-order valence-corrected chi connectivity index (χ4v) is 2.29. The third-order valence-corrected chi connectivity index (χ3v) is 3.46. The summed E-state index contributed by atoms with van der Waals surface area (Å²) >= 11 is 11.7. The quantitative estimate of drug-likeness (QED) is 0.866. The Morgan fingerprint density at radius 1 is 1.18 bits per heavy atom. The van der Waals surface area contributed by atoms with Crippen LogP contribution in [0.2, 0.25) is 10.0 Å². The smallest absolute Gasteiger partial charge is 0.257 e. The summed E-state index contributed by atoms with van der Waals surface area (Å²) in [5, 5.41) is 3.49. The fourth-order valence-electron chi connectivity index (χ4n) is 1.82. The maximum atomic E-state index is 13.4. The van der Waals surface area contributed by atoms with Crippen molar-refractivity contribution in [2.75, 3.05) is 13.2 Å². The molecule has 116 valence electrons. The number of ether oxygens (including phenoxy) is 1. The van der Waals surface area contributed by atoms with E-state index in [0.717, 1.165) is 0 Å². The Balaban J connectivity index is 1.75. The molecular weight excluding hydrogens is 328 g/mol. The standard InChI is InChI=1S/C16H14Cl2FNO2/c17-12-5-6-15(13(18)9-12)22-10-16(21)20-8-7-11-3-1-2-4-14(11)19/h1-6,9H,7-8,10H2,(H,20,21). The van der Waals surface area contributed by atoms with E-state index in [1.165, 1.54) is 12.1 Å². The van der Waals surface area contributed by atoms with Crippen LogP contribution in [0.5, 0.6) is 5.75 Å². The van der Waals surface area contributed by atoms with Gasteiger partial charge in [0.05, 0.1) is 5.02 Å². The van der Waals surface area contributed by atoms with Crippen molar-refractivity contribution in [2.45, 2.75) is 6.42 Å². The Hall–Kier alpha value is -1.78. The number of amides is 1. The van der Waals surface area contributed by atoms with Crippen molar-refractivity contribution in [1.29, 1.82) is 0 Å². The average molecular weight is 342 g/mol. The Kier molecular flexibility index (Phi) is 6.04. The van der Waals surface area contributed by atoms with Gasteiger partial charge in [-0.05, 0) is 36.2 Å². The number of carbonyl (C=O) groups is 1. The van der Waals surface area contributed by atoms with Crippen molar-refractivity contribution in [3.05, 3.63) is 63.9 Å². The van der Waals surface area contributed by atoms with Crippen LogP contribution in [0.15, 0.2) is 42.5 Å². The predicted octanol–water partition coefficient (Wildman–Crippen LogP) is 3.87. The zero-order valence-electron chi connectivity index (χ0n) is 11.6. The van der Waals surface area contributed by atoms with Crippen LogP contribution in [-0.2, 0) is 11.2 Å². The summed E-state index contributed by atoms with van der Waals surface area (Å²) in [5.41, 5.74) is 0.560. The highest BCUT2D eigenvalue weighted by Gasteiger charge is 2.07. The summed E-state index contributed by atoms with van der Waals surface area (Å²) in [6.45, 7) is 0.163. The molecule has 0 spiro atoms. The summed E-state index contributed by atoms with van der Waals surface area (Å²) in [6.07, 6.45) is 0.417. The molecule has 2 rings (SSSR count). The van der Waals surface area contributed by atoms with Crippen molar-refractivity contribution in [1.82, 2.24) is 5.32 Å². The normalized spacial score (nSPS) is 10.3. The Labute approximate surface area is 138 Å². The van der Waals surface area contributed by atoms with E-state index in [1.807, 2.05) is 0 Å². The second kappa shape index (κ2) is 8.01. The third-order valence-electron chi connectivity index (χ3n) is 2.93. The molecule has 3 nitrogen and oxygen atoms in total. The summed E-state index contributed by atoms with van der Waals surface area (Å²) < 4.78 is 18.7. The highest BCUT2D eigenvalue weighted by molar-refractivity contribution is 6.35. The SMILES string of the molecule is O=C(COc1ccc(Cl)cc1Cl)NCCc1ccccc1F. The van der Waals surface area contributed by atoms with Crippen LogP contribution < -0.4 is 10.1 Å². The molecule has 2 aromatic carbocycles. The first-order valence-electron chi connectivity index (χ1n) is 6.64. The van der Waals surface area contributed by atoms with E-state index < -0.39 is 0 Å². The molecule has 0 unspecified atom stereocenters. The topological polar surface area (TPSA) is 38.3 Å². The van der Waals surface area contributed by atoms with Crippen LogP contribution in [0, 0.1) is 5.82 Å². The Morgan fingerprint density at radius 3 is 2.68 bits per heavy atom. The molecule has 6 heteroatoms. The predicted molar refractivity (Wildman–Crippen MR) is 85.1 cm³/mol. The summed E-state index contributed by atoms with van der Waals surface area (Å²) in [5.74, 6) is -0.196. The van der Waals surface area contributed by atoms with Crippen LogP contribution >= 0.6 is 23.2 Å². The Morgan fingerprint density at radius 2 is 1.95 bits per heavy atom. The number of halogens is 3. The highest BCUT2D eigenvalue weighted by atomic mass is 35.5. The molecule has 0 bridgehead atoms. The third kappa shape index (κ3) is 4.90. The molecule has 1 N–H and O–H groups in total. The molecule has 0 saturated carbocycles. The number of carbonyl (C=O) groups excluding carboxylic acids is 1. The lowest BCUT2D eigenvalue weighted by Crippen LogP contribution is -2.30. The monoisotopic (exact) mass is 341 g/mol. The van der Waals surface area contributed by atoms with Crippen LogP contribution in [-0.4, -0.2) is 19.1 Å². The average Bonchev–Trinajstić information content (AvgIpc) is 2.48. The van der Waals surface area contributed by atoms with Crippen LogP contribution in [0.3, 0.4) is 0 Å². The van der Waals surface area contributed by atoms with Gasteiger partial charge in [-0.3, -0.25) is 4.79 Å². The van der Waals surface area contributed by atoms with E-state index in [-0.39, 0.29) is 18.3 Å². The van der Waals surface area contributed by atoms with E-state index in [1.54, 1.807) is 30.3 Å². The number of hydrogen-bond donors (Lipinski definition) is 1. The van der Waals surface area contributed by atoms with Crippen molar-refractivity contribution in [3.63, 3.8) is 0 Å². The molecule has 0 fully saturated rings. The fraction of sp³-hybridized carbons (Fsp3) is 0.188. The maximum absolute atomic E-state index is 13.4. The van der Waals surface area contributed by atoms with E-state index >= 15 is 0 Å². The zero-order valence-corrected chi connectivity index (χ0v) is 13.1. The molecule has 0 aliphatic heterocycles. The minimum absolute atomic E-state index is 0.168. The van der Waals surface area contributed by atoms with Crippen LogP contribution in [0.1, 0.15) is 5.56 Å². The first-order valence-corrected chi connectivity index (χ1v) is 7.40. The first-order chi connectivity index (χ1) is 10.6. The minimum atomic E-state index is -0.303. The zero-order chi connectivity index (χ0) is 15.9. The van der Waals surface area contributed by atoms with E-state index in [0.29, 0.717) is 34.3 Å². The van der Waals surface area contributed by atoms with Crippen molar-refractivity contribution in [2.24, 2.45) is 0 Å². The van der Waals surface area contributed by atoms with Gasteiger partial charge in [0.1, 0.15) is 11.6 Å². The number of nitrogens with one attached hydrogen (secondary N) is 1. The molecule has 0 heterocycles. The van der Waals surface area contributed by atoms with E-state index in [9.17, 15) is 9.18 Å². The lowest BCUT2D eigenvalue weighted by atomic mass is 10.1. The number of benzene rings is 2. The molecule has 1 amide bonds. The van der Waals surface area contributed by atoms with Crippen LogP contribution in [0.25, 0.3) is 0 Å². The second-order valence-electron chi connectivity index (χ2n) is 4.55. The number of rotatable bonds is 6. The highest BCUT2D eigenvalue weighted by Crippen LogP contribution is 2.27. The van der Waals surface area contributed by atoms with E-state index in [4.69, 9.17) is 27.9 Å². The summed E-state index contributed by atoms with van der Waals surface area (Å²) in [4.78, 5) is 11.7. The molecule has 0 saturated heterocycles. The molecular formula is C16H14Cl2FNO2. The molecule has 0 radical (unpaired) electrons. The van der Waals surface area contributed by atoms with Gasteiger partial charge < -0.3 is 10.1 Å². The molecule has 0 atom stereocenters. The summed E-state index contributed by atoms with van der Waals surface area (Å²) in [6, 6.07) is 11.2. The van der Waals surface area contributed by atoms with Gasteiger partial charge in [0.15, 0.2) is 6.61 Å². The van der Waals surface area contributed by atoms with Gasteiger partial charge in [0.25, 0.3) is 5.91 Å². The van der Waals surface area contributed by atoms with Gasteiger partial charge in [0.2, 0.25) is 0 Å². The molecule has 2 aromatic rings. The van der Waals surface area contributed by atoms with Gasteiger partial charge in [-0.15, -0.1) is 0 Å². The number of hydrogen-bond acceptors (Lipinski definition) is 2. The second-order valence-corrected chi connectivity index (χ2v) is 5.40. The van der Waals surface area contributed by atoms with Crippen molar-refractivity contribution < 1.29 is 13.9 Å². The van der Waals surface area contributed by atoms with Crippen LogP contribution in [0.4, 0.5) is 4.39 Å². The lowest BCUT2D eigenvalue weighted by Gasteiger charge is -2.09. The van der Waals surface area contributed by atoms with Gasteiger partial charge in [-0.1, -0.05) is 41.4 Å². The maximum Gasteiger partial charge on any atom is 0.257 e. The summed E-state index contributed by atoms with van der Waals surface area (Å²) in [7, 11) is 0. The molecule has 22 heavy (non-hydrogen) atoms. The largest absolute Gasteiger partial charge is 0.482 e. The van der Waals surface area contributed by atoms with Gasteiger partial charge in [-0.25, -0.2) is 4.39 Å². The Bertz CT molecular complexity index is 664. The van der Waals surface area contributed by atoms with E-state index in [2.05, 4.69) is 5.32 Å². The van der Waals surface area contributed by atoms with Gasteiger partial charge in [-0.2, -0.15) is 0 Å². The van der Waals surface area contributed by atoms with Crippen molar-refractivity contribution in [3.8, 4) is 5.75 Å². The van der Waals surface area contributed by atoms with Gasteiger partial charge >= 0.3 is 0 Å². The first kappa shape index (κ1) is 16.6. The lowest BCUT2D eigenvalue weighted by molar-refractivity contribution is -0.123.